The van der Waals surface area contributed by atoms with Crippen LogP contribution in [0.3, 0.4) is 0 Å². The van der Waals surface area contributed by atoms with Crippen LogP contribution in [0.15, 0.2) is 52.9 Å². The average molecular weight is 406 g/mol. The zero-order chi connectivity index (χ0) is 17.1. The molecule has 7 heteroatoms. The summed E-state index contributed by atoms with van der Waals surface area (Å²) < 4.78 is 2.31. The van der Waals surface area contributed by atoms with Gasteiger partial charge in [0.15, 0.2) is 4.34 Å². The van der Waals surface area contributed by atoms with Gasteiger partial charge in [-0.1, -0.05) is 36.0 Å². The van der Waals surface area contributed by atoms with E-state index in [1.807, 2.05) is 35.2 Å². The molecule has 0 bridgehead atoms. The molecule has 26 heavy (non-hydrogen) atoms. The molecular weight excluding hydrogens is 386 g/mol. The number of rotatable bonds is 4. The first kappa shape index (κ1) is 19.2. The summed E-state index contributed by atoms with van der Waals surface area (Å²) in [5.74, 6) is 0.994. The molecule has 4 nitrogen and oxygen atoms in total. The number of thioether (sulfide) groups is 1. The molecule has 0 unspecified atom stereocenters. The third kappa shape index (κ3) is 4.38. The number of carbonyl (C=O) groups is 1. The second kappa shape index (κ2) is 8.86. The quantitative estimate of drug-likeness (QED) is 0.665. The van der Waals surface area contributed by atoms with Gasteiger partial charge >= 0.3 is 0 Å². The van der Waals surface area contributed by atoms with Gasteiger partial charge in [0.2, 0.25) is 0 Å². The van der Waals surface area contributed by atoms with Crippen molar-refractivity contribution in [1.82, 2.24) is 15.2 Å². The zero-order valence-corrected chi connectivity index (χ0v) is 16.6. The number of hydrogen-bond acceptors (Lipinski definition) is 5. The van der Waals surface area contributed by atoms with Crippen LogP contribution in [-0.4, -0.2) is 42.0 Å². The lowest BCUT2D eigenvalue weighted by atomic mass is 10.1. The molecular formula is C19H20ClN3OS2. The van der Waals surface area contributed by atoms with Crippen LogP contribution < -0.4 is 5.32 Å². The number of piperazine rings is 1. The highest BCUT2D eigenvalue weighted by Gasteiger charge is 2.17. The average Bonchev–Trinajstić information content (AvgIpc) is 3.10. The SMILES string of the molecule is Cl.O=C(c1ccc(CSc2nc3ccccc3s2)cc1)N1CCNCC1. The van der Waals surface area contributed by atoms with E-state index < -0.39 is 0 Å². The minimum atomic E-state index is 0. The molecule has 1 fully saturated rings. The van der Waals surface area contributed by atoms with E-state index in [1.54, 1.807) is 23.1 Å². The first-order valence-electron chi connectivity index (χ1n) is 8.37. The first-order chi connectivity index (χ1) is 12.3. The third-order valence-electron chi connectivity index (χ3n) is 4.24. The summed E-state index contributed by atoms with van der Waals surface area (Å²) in [5, 5.41) is 3.27. The van der Waals surface area contributed by atoms with Crippen molar-refractivity contribution in [3.8, 4) is 0 Å². The number of benzene rings is 2. The molecule has 1 aliphatic rings. The number of thiazole rings is 1. The predicted molar refractivity (Wildman–Crippen MR) is 112 cm³/mol. The highest BCUT2D eigenvalue weighted by Crippen LogP contribution is 2.31. The normalized spacial score (nSPS) is 14.2. The molecule has 0 saturated carbocycles. The van der Waals surface area contributed by atoms with Crippen molar-refractivity contribution in [3.05, 3.63) is 59.7 Å². The number of halogens is 1. The Bertz CT molecular complexity index is 843. The summed E-state index contributed by atoms with van der Waals surface area (Å²) in [4.78, 5) is 19.0. The summed E-state index contributed by atoms with van der Waals surface area (Å²) in [5.41, 5.74) is 3.05. The second-order valence-corrected chi connectivity index (χ2v) is 8.23. The van der Waals surface area contributed by atoms with Gasteiger partial charge in [-0.25, -0.2) is 4.98 Å². The maximum Gasteiger partial charge on any atom is 0.253 e. The third-order valence-corrected chi connectivity index (χ3v) is 6.49. The van der Waals surface area contributed by atoms with Crippen LogP contribution in [-0.2, 0) is 5.75 Å². The van der Waals surface area contributed by atoms with Gasteiger partial charge in [-0.2, -0.15) is 0 Å². The highest BCUT2D eigenvalue weighted by atomic mass is 35.5. The van der Waals surface area contributed by atoms with Gasteiger partial charge in [-0.3, -0.25) is 4.79 Å². The van der Waals surface area contributed by atoms with E-state index in [0.717, 1.165) is 47.4 Å². The predicted octanol–water partition coefficient (Wildman–Crippen LogP) is 4.06. The van der Waals surface area contributed by atoms with Crippen LogP contribution in [0.5, 0.6) is 0 Å². The van der Waals surface area contributed by atoms with Crippen molar-refractivity contribution in [2.24, 2.45) is 0 Å². The highest BCUT2D eigenvalue weighted by molar-refractivity contribution is 8.00. The fourth-order valence-corrected chi connectivity index (χ4v) is 4.88. The second-order valence-electron chi connectivity index (χ2n) is 5.98. The molecule has 2 aromatic carbocycles. The Hall–Kier alpha value is -1.60. The van der Waals surface area contributed by atoms with Crippen molar-refractivity contribution in [2.75, 3.05) is 26.2 Å². The molecule has 1 N–H and O–H groups in total. The monoisotopic (exact) mass is 405 g/mol. The van der Waals surface area contributed by atoms with Crippen LogP contribution in [0.25, 0.3) is 10.2 Å². The number of nitrogens with one attached hydrogen (secondary N) is 1. The Labute approximate surface area is 167 Å². The van der Waals surface area contributed by atoms with Crippen LogP contribution in [0.2, 0.25) is 0 Å². The molecule has 1 aromatic heterocycles. The first-order valence-corrected chi connectivity index (χ1v) is 10.2. The molecule has 0 atom stereocenters. The van der Waals surface area contributed by atoms with Crippen LogP contribution >= 0.6 is 35.5 Å². The number of nitrogens with zero attached hydrogens (tertiary/aromatic N) is 2. The van der Waals surface area contributed by atoms with Gasteiger partial charge in [0.25, 0.3) is 5.91 Å². The number of carbonyl (C=O) groups excluding carboxylic acids is 1. The Morgan fingerprint density at radius 3 is 2.58 bits per heavy atom. The number of fused-ring (bicyclic) bond motifs is 1. The van der Waals surface area contributed by atoms with Crippen molar-refractivity contribution < 1.29 is 4.79 Å². The van der Waals surface area contributed by atoms with Crippen LogP contribution in [0.1, 0.15) is 15.9 Å². The fourth-order valence-electron chi connectivity index (χ4n) is 2.85. The minimum Gasteiger partial charge on any atom is -0.336 e. The van der Waals surface area contributed by atoms with E-state index in [9.17, 15) is 4.79 Å². The van der Waals surface area contributed by atoms with Crippen LogP contribution in [0, 0.1) is 0 Å². The summed E-state index contributed by atoms with van der Waals surface area (Å²) in [6.07, 6.45) is 0. The van der Waals surface area contributed by atoms with E-state index in [4.69, 9.17) is 0 Å². The molecule has 2 heterocycles. The molecule has 136 valence electrons. The van der Waals surface area contributed by atoms with Gasteiger partial charge in [-0.15, -0.1) is 23.7 Å². The van der Waals surface area contributed by atoms with E-state index >= 15 is 0 Å². The lowest BCUT2D eigenvalue weighted by Crippen LogP contribution is -2.46. The van der Waals surface area contributed by atoms with Crippen LogP contribution in [0.4, 0.5) is 0 Å². The lowest BCUT2D eigenvalue weighted by molar-refractivity contribution is 0.0736. The number of amides is 1. The Kier molecular flexibility index (Phi) is 6.53. The molecule has 4 rings (SSSR count). The standard InChI is InChI=1S/C19H19N3OS2.ClH/c23-18(22-11-9-20-10-12-22)15-7-5-14(6-8-15)13-24-19-21-16-3-1-2-4-17(16)25-19;/h1-8,20H,9-13H2;1H. The van der Waals surface area contributed by atoms with Crippen molar-refractivity contribution in [2.45, 2.75) is 10.1 Å². The lowest BCUT2D eigenvalue weighted by Gasteiger charge is -2.27. The number of hydrogen-bond donors (Lipinski definition) is 1. The number of para-hydroxylation sites is 1. The van der Waals surface area contributed by atoms with Gasteiger partial charge < -0.3 is 10.2 Å². The topological polar surface area (TPSA) is 45.2 Å². The van der Waals surface area contributed by atoms with Crippen molar-refractivity contribution in [1.29, 1.82) is 0 Å². The minimum absolute atomic E-state index is 0. The maximum atomic E-state index is 12.5. The van der Waals surface area contributed by atoms with E-state index in [0.29, 0.717) is 0 Å². The fraction of sp³-hybridized carbons (Fsp3) is 0.263. The van der Waals surface area contributed by atoms with Gasteiger partial charge in [-0.05, 0) is 29.8 Å². The van der Waals surface area contributed by atoms with Gasteiger partial charge in [0.1, 0.15) is 0 Å². The number of aromatic nitrogens is 1. The van der Waals surface area contributed by atoms with Gasteiger partial charge in [0, 0.05) is 37.5 Å². The Balaban J connectivity index is 0.00000196. The van der Waals surface area contributed by atoms with E-state index in [-0.39, 0.29) is 18.3 Å². The molecule has 0 radical (unpaired) electrons. The largest absolute Gasteiger partial charge is 0.336 e. The molecule has 0 spiro atoms. The summed E-state index contributed by atoms with van der Waals surface area (Å²) >= 11 is 3.47. The van der Waals surface area contributed by atoms with Crippen molar-refractivity contribution in [3.63, 3.8) is 0 Å². The molecule has 1 saturated heterocycles. The molecule has 1 aliphatic heterocycles. The van der Waals surface area contributed by atoms with Crippen molar-refractivity contribution >= 4 is 51.6 Å². The summed E-state index contributed by atoms with van der Waals surface area (Å²) in [6.45, 7) is 3.33. The van der Waals surface area contributed by atoms with E-state index in [1.165, 1.54) is 10.3 Å². The molecule has 1 amide bonds. The van der Waals surface area contributed by atoms with Gasteiger partial charge in [0.05, 0.1) is 10.2 Å². The summed E-state index contributed by atoms with van der Waals surface area (Å²) in [6, 6.07) is 16.2. The smallest absolute Gasteiger partial charge is 0.253 e. The van der Waals surface area contributed by atoms with E-state index in [2.05, 4.69) is 28.5 Å². The summed E-state index contributed by atoms with van der Waals surface area (Å²) in [7, 11) is 0. The Morgan fingerprint density at radius 1 is 1.12 bits per heavy atom. The molecule has 3 aromatic rings. The zero-order valence-electron chi connectivity index (χ0n) is 14.2. The maximum absolute atomic E-state index is 12.5. The molecule has 0 aliphatic carbocycles. The Morgan fingerprint density at radius 2 is 1.85 bits per heavy atom.